The molecule has 2 nitrogen and oxygen atoms in total. The minimum atomic E-state index is -0.599. The Kier molecular flexibility index (Phi) is 2.13. The standard InChI is InChI=1S/C11H12ClNO/c1-7-2-3-8(6-9(7)12)10(14)11(13)4-5-11/h2-3,6H,4-5,13H2,1H3. The molecular weight excluding hydrogens is 198 g/mol. The lowest BCUT2D eigenvalue weighted by Gasteiger charge is -2.08. The Morgan fingerprint density at radius 3 is 2.64 bits per heavy atom. The molecule has 0 aliphatic heterocycles. The number of rotatable bonds is 2. The molecule has 1 fully saturated rings. The lowest BCUT2D eigenvalue weighted by Crippen LogP contribution is -2.32. The fourth-order valence-electron chi connectivity index (χ4n) is 1.38. The molecule has 1 aliphatic rings. The van der Waals surface area contributed by atoms with Gasteiger partial charge in [-0.3, -0.25) is 4.79 Å². The summed E-state index contributed by atoms with van der Waals surface area (Å²) < 4.78 is 0. The highest BCUT2D eigenvalue weighted by Crippen LogP contribution is 2.36. The van der Waals surface area contributed by atoms with E-state index in [-0.39, 0.29) is 5.78 Å². The molecule has 1 aromatic rings. The zero-order valence-corrected chi connectivity index (χ0v) is 8.77. The number of carbonyl (C=O) groups is 1. The summed E-state index contributed by atoms with van der Waals surface area (Å²) >= 11 is 5.94. The van der Waals surface area contributed by atoms with Crippen molar-refractivity contribution in [1.29, 1.82) is 0 Å². The van der Waals surface area contributed by atoms with Gasteiger partial charge in [-0.05, 0) is 31.4 Å². The number of aryl methyl sites for hydroxylation is 1. The van der Waals surface area contributed by atoms with Crippen LogP contribution < -0.4 is 5.73 Å². The number of halogens is 1. The molecule has 0 atom stereocenters. The zero-order chi connectivity index (χ0) is 10.3. The van der Waals surface area contributed by atoms with Gasteiger partial charge in [-0.15, -0.1) is 0 Å². The highest BCUT2D eigenvalue weighted by molar-refractivity contribution is 6.31. The number of ketones is 1. The van der Waals surface area contributed by atoms with Crippen molar-refractivity contribution in [2.75, 3.05) is 0 Å². The van der Waals surface area contributed by atoms with Gasteiger partial charge in [0.05, 0.1) is 5.54 Å². The molecule has 1 aliphatic carbocycles. The lowest BCUT2D eigenvalue weighted by molar-refractivity contribution is 0.0949. The normalized spacial score (nSPS) is 17.9. The second kappa shape index (κ2) is 3.07. The van der Waals surface area contributed by atoms with E-state index in [1.807, 2.05) is 13.0 Å². The summed E-state index contributed by atoms with van der Waals surface area (Å²) in [6.07, 6.45) is 1.58. The van der Waals surface area contributed by atoms with Crippen LogP contribution in [0.25, 0.3) is 0 Å². The average Bonchev–Trinajstić information content (AvgIpc) is 2.89. The highest BCUT2D eigenvalue weighted by Gasteiger charge is 2.45. The van der Waals surface area contributed by atoms with Crippen molar-refractivity contribution < 1.29 is 4.79 Å². The minimum absolute atomic E-state index is 0.0133. The van der Waals surface area contributed by atoms with E-state index in [9.17, 15) is 4.79 Å². The van der Waals surface area contributed by atoms with Crippen LogP contribution in [0.2, 0.25) is 5.02 Å². The van der Waals surface area contributed by atoms with E-state index in [0.717, 1.165) is 18.4 Å². The number of hydrogen-bond acceptors (Lipinski definition) is 2. The molecule has 0 heterocycles. The molecule has 0 aromatic heterocycles. The number of benzene rings is 1. The summed E-state index contributed by atoms with van der Waals surface area (Å²) in [6, 6.07) is 5.34. The predicted molar refractivity (Wildman–Crippen MR) is 56.7 cm³/mol. The molecule has 0 spiro atoms. The molecule has 14 heavy (non-hydrogen) atoms. The summed E-state index contributed by atoms with van der Waals surface area (Å²) in [7, 11) is 0. The van der Waals surface area contributed by atoms with Crippen LogP contribution in [0, 0.1) is 6.92 Å². The first-order valence-corrected chi connectivity index (χ1v) is 5.00. The largest absolute Gasteiger partial charge is 0.319 e. The third kappa shape index (κ3) is 1.56. The van der Waals surface area contributed by atoms with Crippen molar-refractivity contribution in [3.63, 3.8) is 0 Å². The van der Waals surface area contributed by atoms with Crippen molar-refractivity contribution >= 4 is 17.4 Å². The number of carbonyl (C=O) groups excluding carboxylic acids is 1. The predicted octanol–water partition coefficient (Wildman–Crippen LogP) is 2.32. The molecule has 3 heteroatoms. The molecule has 0 unspecified atom stereocenters. The Hall–Kier alpha value is -0.860. The monoisotopic (exact) mass is 209 g/mol. The van der Waals surface area contributed by atoms with Gasteiger partial charge in [-0.25, -0.2) is 0 Å². The number of hydrogen-bond donors (Lipinski definition) is 1. The van der Waals surface area contributed by atoms with Crippen molar-refractivity contribution in [3.05, 3.63) is 34.3 Å². The van der Waals surface area contributed by atoms with Crippen LogP contribution >= 0.6 is 11.6 Å². The molecule has 74 valence electrons. The second-order valence-corrected chi connectivity index (χ2v) is 4.36. The summed E-state index contributed by atoms with van der Waals surface area (Å²) in [6.45, 7) is 1.91. The van der Waals surface area contributed by atoms with Crippen LogP contribution in [0.5, 0.6) is 0 Å². The Bertz CT molecular complexity index is 396. The second-order valence-electron chi connectivity index (χ2n) is 3.95. The van der Waals surface area contributed by atoms with Crippen LogP contribution in [-0.4, -0.2) is 11.3 Å². The first-order valence-electron chi connectivity index (χ1n) is 4.63. The van der Waals surface area contributed by atoms with Gasteiger partial charge >= 0.3 is 0 Å². The molecule has 0 bridgehead atoms. The van der Waals surface area contributed by atoms with Crippen LogP contribution in [0.15, 0.2) is 18.2 Å². The van der Waals surface area contributed by atoms with Gasteiger partial charge in [0.25, 0.3) is 0 Å². The summed E-state index contributed by atoms with van der Waals surface area (Å²) in [4.78, 5) is 11.8. The molecule has 0 radical (unpaired) electrons. The zero-order valence-electron chi connectivity index (χ0n) is 8.01. The van der Waals surface area contributed by atoms with Gasteiger partial charge < -0.3 is 5.73 Å². The van der Waals surface area contributed by atoms with Crippen molar-refractivity contribution in [2.45, 2.75) is 25.3 Å². The van der Waals surface area contributed by atoms with Crippen molar-refractivity contribution in [3.8, 4) is 0 Å². The van der Waals surface area contributed by atoms with Crippen molar-refractivity contribution in [2.24, 2.45) is 5.73 Å². The quantitative estimate of drug-likeness (QED) is 0.760. The fraction of sp³-hybridized carbons (Fsp3) is 0.364. The van der Waals surface area contributed by atoms with E-state index < -0.39 is 5.54 Å². The summed E-state index contributed by atoms with van der Waals surface area (Å²) in [5.41, 5.74) is 6.82. The Labute approximate surface area is 88.1 Å². The summed E-state index contributed by atoms with van der Waals surface area (Å²) in [5, 5.41) is 0.625. The Balaban J connectivity index is 2.33. The van der Waals surface area contributed by atoms with Gasteiger partial charge in [-0.1, -0.05) is 23.7 Å². The molecule has 2 rings (SSSR count). The van der Waals surface area contributed by atoms with Gasteiger partial charge in [0.15, 0.2) is 5.78 Å². The van der Waals surface area contributed by atoms with Gasteiger partial charge in [0.2, 0.25) is 0 Å². The van der Waals surface area contributed by atoms with Gasteiger partial charge in [0, 0.05) is 10.6 Å². The molecule has 0 saturated heterocycles. The number of nitrogens with two attached hydrogens (primary N) is 1. The fourth-order valence-corrected chi connectivity index (χ4v) is 1.56. The van der Waals surface area contributed by atoms with Crippen LogP contribution in [-0.2, 0) is 0 Å². The molecular formula is C11H12ClNO. The van der Waals surface area contributed by atoms with E-state index in [4.69, 9.17) is 17.3 Å². The van der Waals surface area contributed by atoms with Crippen molar-refractivity contribution in [1.82, 2.24) is 0 Å². The topological polar surface area (TPSA) is 43.1 Å². The third-order valence-electron chi connectivity index (χ3n) is 2.67. The lowest BCUT2D eigenvalue weighted by atomic mass is 10.0. The van der Waals surface area contributed by atoms with Crippen LogP contribution in [0.3, 0.4) is 0 Å². The Morgan fingerprint density at radius 2 is 2.14 bits per heavy atom. The molecule has 2 N–H and O–H groups in total. The first kappa shape index (κ1) is 9.69. The maximum atomic E-state index is 11.8. The van der Waals surface area contributed by atoms with E-state index in [1.54, 1.807) is 12.1 Å². The van der Waals surface area contributed by atoms with E-state index in [2.05, 4.69) is 0 Å². The maximum Gasteiger partial charge on any atom is 0.182 e. The van der Waals surface area contributed by atoms with E-state index in [0.29, 0.717) is 10.6 Å². The first-order chi connectivity index (χ1) is 6.53. The average molecular weight is 210 g/mol. The van der Waals surface area contributed by atoms with Crippen LogP contribution in [0.1, 0.15) is 28.8 Å². The van der Waals surface area contributed by atoms with E-state index >= 15 is 0 Å². The van der Waals surface area contributed by atoms with E-state index in [1.165, 1.54) is 0 Å². The summed E-state index contributed by atoms with van der Waals surface area (Å²) in [5.74, 6) is 0.0133. The molecule has 0 amide bonds. The minimum Gasteiger partial charge on any atom is -0.319 e. The molecule has 1 aromatic carbocycles. The van der Waals surface area contributed by atoms with Gasteiger partial charge in [0.1, 0.15) is 0 Å². The SMILES string of the molecule is Cc1ccc(C(=O)C2(N)CC2)cc1Cl. The third-order valence-corrected chi connectivity index (χ3v) is 3.08. The Morgan fingerprint density at radius 1 is 1.50 bits per heavy atom. The molecule has 1 saturated carbocycles. The van der Waals surface area contributed by atoms with Gasteiger partial charge in [-0.2, -0.15) is 0 Å². The maximum absolute atomic E-state index is 11.8. The number of Topliss-reactive ketones (excluding diaryl/α,β-unsaturated/α-hetero) is 1. The highest BCUT2D eigenvalue weighted by atomic mass is 35.5. The smallest absolute Gasteiger partial charge is 0.182 e. The van der Waals surface area contributed by atoms with Crippen LogP contribution in [0.4, 0.5) is 0 Å².